The monoisotopic (exact) mass is 399 g/mol. The van der Waals surface area contributed by atoms with E-state index in [0.717, 1.165) is 43.3 Å². The lowest BCUT2D eigenvalue weighted by atomic mass is 10.1. The fourth-order valence-corrected chi connectivity index (χ4v) is 3.30. The largest absolute Gasteiger partial charge is 0.382 e. The van der Waals surface area contributed by atoms with Gasteiger partial charge in [-0.3, -0.25) is 4.99 Å². The molecule has 0 radical (unpaired) electrons. The van der Waals surface area contributed by atoms with E-state index >= 15 is 0 Å². The minimum absolute atomic E-state index is 0.388. The number of nitrogens with one attached hydrogen (secondary N) is 2. The zero-order valence-corrected chi connectivity index (χ0v) is 17.4. The van der Waals surface area contributed by atoms with E-state index in [1.54, 1.807) is 11.7 Å². The summed E-state index contributed by atoms with van der Waals surface area (Å²) in [7, 11) is 1.77. The van der Waals surface area contributed by atoms with E-state index in [0.29, 0.717) is 17.8 Å². The van der Waals surface area contributed by atoms with Crippen LogP contribution in [-0.2, 0) is 6.42 Å². The summed E-state index contributed by atoms with van der Waals surface area (Å²) >= 11 is 1.87. The van der Waals surface area contributed by atoms with Crippen molar-refractivity contribution in [1.82, 2.24) is 20.4 Å². The van der Waals surface area contributed by atoms with Gasteiger partial charge in [0.2, 0.25) is 0 Å². The first kappa shape index (κ1) is 21.6. The number of nitrogens with two attached hydrogens (primary N) is 1. The van der Waals surface area contributed by atoms with Crippen LogP contribution in [-0.4, -0.2) is 47.9 Å². The Labute approximate surface area is 171 Å². The number of anilines is 1. The summed E-state index contributed by atoms with van der Waals surface area (Å²) in [5.74, 6) is 2.38. The van der Waals surface area contributed by atoms with Gasteiger partial charge in [-0.2, -0.15) is 22.1 Å². The van der Waals surface area contributed by atoms with Crippen molar-refractivity contribution >= 4 is 23.5 Å². The molecule has 0 aliphatic carbocycles. The molecule has 1 heterocycles. The van der Waals surface area contributed by atoms with Crippen LogP contribution in [0.4, 0.5) is 5.82 Å². The molecule has 0 aliphatic heterocycles. The van der Waals surface area contributed by atoms with Gasteiger partial charge in [0, 0.05) is 20.1 Å². The van der Waals surface area contributed by atoms with Gasteiger partial charge in [0.25, 0.3) is 0 Å². The van der Waals surface area contributed by atoms with E-state index in [1.165, 1.54) is 12.2 Å². The van der Waals surface area contributed by atoms with Crippen LogP contribution in [0.1, 0.15) is 30.5 Å². The Morgan fingerprint density at radius 3 is 2.57 bits per heavy atom. The lowest BCUT2D eigenvalue weighted by molar-refractivity contribution is 0.704. The van der Waals surface area contributed by atoms with Crippen LogP contribution in [0, 0.1) is 11.3 Å². The molecular weight excluding hydrogens is 370 g/mol. The molecule has 0 atom stereocenters. The second-order valence-electron chi connectivity index (χ2n) is 6.30. The molecule has 0 fully saturated rings. The standard InChI is InChI=1S/C20H29N7S/c1-23-20(24-12-6-7-14-28-2)25-13-8-11-18-17(15-21)19(22)27(26-18)16-9-4-3-5-10-16/h3-5,9-10H,6-8,11-14,22H2,1-2H3,(H2,23,24,25). The molecular formula is C20H29N7S. The highest BCUT2D eigenvalue weighted by Gasteiger charge is 2.16. The number of hydrogen-bond acceptors (Lipinski definition) is 5. The van der Waals surface area contributed by atoms with Crippen LogP contribution >= 0.6 is 11.8 Å². The molecule has 0 unspecified atom stereocenters. The Kier molecular flexibility index (Phi) is 9.22. The number of unbranched alkanes of at least 4 members (excludes halogenated alkanes) is 1. The van der Waals surface area contributed by atoms with Crippen LogP contribution in [0.3, 0.4) is 0 Å². The third-order valence-corrected chi connectivity index (χ3v) is 4.98. The summed E-state index contributed by atoms with van der Waals surface area (Å²) < 4.78 is 1.64. The highest BCUT2D eigenvalue weighted by Crippen LogP contribution is 2.21. The third kappa shape index (κ3) is 6.20. The predicted molar refractivity (Wildman–Crippen MR) is 118 cm³/mol. The molecule has 2 rings (SSSR count). The number of para-hydroxylation sites is 1. The Hall–Kier alpha value is -2.66. The number of aliphatic imine (C=N–C) groups is 1. The molecule has 0 saturated heterocycles. The number of thioether (sulfide) groups is 1. The molecule has 7 nitrogen and oxygen atoms in total. The maximum Gasteiger partial charge on any atom is 0.190 e. The minimum atomic E-state index is 0.388. The van der Waals surface area contributed by atoms with Gasteiger partial charge < -0.3 is 16.4 Å². The molecule has 150 valence electrons. The van der Waals surface area contributed by atoms with Gasteiger partial charge in [-0.1, -0.05) is 18.2 Å². The van der Waals surface area contributed by atoms with Crippen molar-refractivity contribution in [2.24, 2.45) is 4.99 Å². The van der Waals surface area contributed by atoms with Gasteiger partial charge in [-0.05, 0) is 49.8 Å². The molecule has 2 aromatic rings. The molecule has 0 aliphatic rings. The minimum Gasteiger partial charge on any atom is -0.382 e. The van der Waals surface area contributed by atoms with E-state index in [4.69, 9.17) is 5.73 Å². The molecule has 8 heteroatoms. The molecule has 0 bridgehead atoms. The quantitative estimate of drug-likeness (QED) is 0.322. The van der Waals surface area contributed by atoms with Crippen LogP contribution in [0.25, 0.3) is 5.69 Å². The maximum atomic E-state index is 9.47. The SMILES string of the molecule is CN=C(NCCCCSC)NCCCc1nn(-c2ccccc2)c(N)c1C#N. The van der Waals surface area contributed by atoms with Crippen LogP contribution in [0.2, 0.25) is 0 Å². The molecule has 0 saturated carbocycles. The van der Waals surface area contributed by atoms with Gasteiger partial charge in [0.05, 0.1) is 11.4 Å². The number of guanidine groups is 1. The number of aromatic nitrogens is 2. The second kappa shape index (κ2) is 11.9. The van der Waals surface area contributed by atoms with Crippen LogP contribution < -0.4 is 16.4 Å². The fourth-order valence-electron chi connectivity index (χ4n) is 2.80. The molecule has 1 aromatic heterocycles. The van der Waals surface area contributed by atoms with Crippen LogP contribution in [0.5, 0.6) is 0 Å². The summed E-state index contributed by atoms with van der Waals surface area (Å²) in [4.78, 5) is 4.24. The Morgan fingerprint density at radius 1 is 1.21 bits per heavy atom. The summed E-state index contributed by atoms with van der Waals surface area (Å²) in [6.07, 6.45) is 5.96. The fraction of sp³-hybridized carbons (Fsp3) is 0.450. The van der Waals surface area contributed by atoms with Gasteiger partial charge in [-0.15, -0.1) is 0 Å². The Balaban J connectivity index is 1.85. The van der Waals surface area contributed by atoms with Gasteiger partial charge in [0.15, 0.2) is 5.96 Å². The first-order valence-corrected chi connectivity index (χ1v) is 10.9. The van der Waals surface area contributed by atoms with Crippen molar-refractivity contribution in [2.45, 2.75) is 25.7 Å². The number of nitrogen functional groups attached to an aromatic ring is 1. The summed E-state index contributed by atoms with van der Waals surface area (Å²) in [5, 5.41) is 20.7. The highest BCUT2D eigenvalue weighted by atomic mass is 32.2. The van der Waals surface area contributed by atoms with E-state index in [2.05, 4.69) is 33.0 Å². The van der Waals surface area contributed by atoms with Crippen molar-refractivity contribution in [3.8, 4) is 11.8 Å². The zero-order valence-electron chi connectivity index (χ0n) is 16.6. The smallest absolute Gasteiger partial charge is 0.190 e. The zero-order chi connectivity index (χ0) is 20.2. The first-order chi connectivity index (χ1) is 13.7. The van der Waals surface area contributed by atoms with Gasteiger partial charge >= 0.3 is 0 Å². The maximum absolute atomic E-state index is 9.47. The van der Waals surface area contributed by atoms with Crippen LogP contribution in [0.15, 0.2) is 35.3 Å². The second-order valence-corrected chi connectivity index (χ2v) is 7.28. The first-order valence-electron chi connectivity index (χ1n) is 9.47. The van der Waals surface area contributed by atoms with E-state index in [1.807, 2.05) is 42.1 Å². The average Bonchev–Trinajstić information content (AvgIpc) is 3.05. The number of rotatable bonds is 10. The number of aryl methyl sites for hydroxylation is 1. The van der Waals surface area contributed by atoms with Crippen molar-refractivity contribution in [3.05, 3.63) is 41.6 Å². The Morgan fingerprint density at radius 2 is 1.93 bits per heavy atom. The van der Waals surface area contributed by atoms with Crippen molar-refractivity contribution in [3.63, 3.8) is 0 Å². The molecule has 0 spiro atoms. The summed E-state index contributed by atoms with van der Waals surface area (Å²) in [6, 6.07) is 11.8. The molecule has 1 aromatic carbocycles. The van der Waals surface area contributed by atoms with Crippen molar-refractivity contribution < 1.29 is 0 Å². The van der Waals surface area contributed by atoms with Gasteiger partial charge in [0.1, 0.15) is 17.5 Å². The normalized spacial score (nSPS) is 11.2. The number of nitriles is 1. The lowest BCUT2D eigenvalue weighted by Crippen LogP contribution is -2.38. The number of nitrogens with zero attached hydrogens (tertiary/aromatic N) is 4. The predicted octanol–water partition coefficient (Wildman–Crippen LogP) is 2.57. The van der Waals surface area contributed by atoms with E-state index in [9.17, 15) is 5.26 Å². The summed E-state index contributed by atoms with van der Waals surface area (Å²) in [6.45, 7) is 1.66. The topological polar surface area (TPSA) is 104 Å². The van der Waals surface area contributed by atoms with Crippen molar-refractivity contribution in [2.75, 3.05) is 37.9 Å². The van der Waals surface area contributed by atoms with E-state index < -0.39 is 0 Å². The van der Waals surface area contributed by atoms with Crippen molar-refractivity contribution in [1.29, 1.82) is 5.26 Å². The Bertz CT molecular complexity index is 793. The van der Waals surface area contributed by atoms with E-state index in [-0.39, 0.29) is 0 Å². The molecule has 0 amide bonds. The highest BCUT2D eigenvalue weighted by molar-refractivity contribution is 7.98. The lowest BCUT2D eigenvalue weighted by Gasteiger charge is -2.11. The third-order valence-electron chi connectivity index (χ3n) is 4.28. The summed E-state index contributed by atoms with van der Waals surface area (Å²) in [5.41, 5.74) is 8.18. The number of benzene rings is 1. The average molecular weight is 400 g/mol. The molecule has 4 N–H and O–H groups in total. The molecule has 28 heavy (non-hydrogen) atoms. The van der Waals surface area contributed by atoms with Gasteiger partial charge in [-0.25, -0.2) is 4.68 Å². The number of hydrogen-bond donors (Lipinski definition) is 3.